The van der Waals surface area contributed by atoms with Crippen molar-refractivity contribution in [3.8, 4) is 0 Å². The number of ether oxygens (including phenoxy) is 1. The number of aliphatic hydroxyl groups is 1. The first-order valence-corrected chi connectivity index (χ1v) is 6.70. The van der Waals surface area contributed by atoms with Crippen LogP contribution >= 0.6 is 0 Å². The molecule has 1 aliphatic heterocycles. The maximum atomic E-state index is 10.0. The summed E-state index contributed by atoms with van der Waals surface area (Å²) in [5, 5.41) is 10.0. The molecule has 2 unspecified atom stereocenters. The van der Waals surface area contributed by atoms with Gasteiger partial charge in [-0.1, -0.05) is 13.8 Å². The van der Waals surface area contributed by atoms with Crippen LogP contribution in [0.2, 0.25) is 0 Å². The minimum Gasteiger partial charge on any atom is -0.388 e. The average Bonchev–Trinajstić information content (AvgIpc) is 2.76. The molecular weight excluding hydrogens is 228 g/mol. The van der Waals surface area contributed by atoms with Crippen LogP contribution in [0.25, 0.3) is 0 Å². The molecule has 0 saturated carbocycles. The summed E-state index contributed by atoms with van der Waals surface area (Å²) in [5.41, 5.74) is 0.995. The van der Waals surface area contributed by atoms with Gasteiger partial charge in [-0.3, -0.25) is 0 Å². The molecule has 18 heavy (non-hydrogen) atoms. The van der Waals surface area contributed by atoms with Gasteiger partial charge in [-0.2, -0.15) is 0 Å². The number of aromatic nitrogens is 1. The first-order valence-electron chi connectivity index (χ1n) is 6.70. The highest BCUT2D eigenvalue weighted by atomic mass is 16.5. The number of likely N-dealkylation sites (N-methyl/N-ethyl adjacent to an activating group) is 1. The van der Waals surface area contributed by atoms with Crippen molar-refractivity contribution in [1.82, 2.24) is 9.47 Å². The van der Waals surface area contributed by atoms with E-state index in [1.54, 1.807) is 0 Å². The van der Waals surface area contributed by atoms with Gasteiger partial charge in [0.1, 0.15) is 0 Å². The zero-order chi connectivity index (χ0) is 13.1. The van der Waals surface area contributed by atoms with Crippen molar-refractivity contribution in [3.63, 3.8) is 0 Å². The molecule has 1 saturated heterocycles. The largest absolute Gasteiger partial charge is 0.388 e. The quantitative estimate of drug-likeness (QED) is 0.882. The second-order valence-corrected chi connectivity index (χ2v) is 5.59. The van der Waals surface area contributed by atoms with E-state index >= 15 is 0 Å². The van der Waals surface area contributed by atoms with Gasteiger partial charge in [-0.15, -0.1) is 0 Å². The van der Waals surface area contributed by atoms with Gasteiger partial charge in [0.2, 0.25) is 0 Å². The molecule has 1 fully saturated rings. The summed E-state index contributed by atoms with van der Waals surface area (Å²) < 4.78 is 7.86. The summed E-state index contributed by atoms with van der Waals surface area (Å²) in [5.74, 6) is 0.248. The molecule has 0 amide bonds. The summed E-state index contributed by atoms with van der Waals surface area (Å²) in [4.78, 5) is 2.29. The molecule has 4 heteroatoms. The van der Waals surface area contributed by atoms with Crippen molar-refractivity contribution < 1.29 is 9.84 Å². The Kier molecular flexibility index (Phi) is 4.43. The SMILES string of the molecule is CC(C)C(O)c1ccn(CC2CN(C)CCO2)c1. The molecule has 4 nitrogen and oxygen atoms in total. The Balaban J connectivity index is 1.94. The van der Waals surface area contributed by atoms with Crippen molar-refractivity contribution in [3.05, 3.63) is 24.0 Å². The fourth-order valence-corrected chi connectivity index (χ4v) is 2.35. The first kappa shape index (κ1) is 13.6. The van der Waals surface area contributed by atoms with Crippen molar-refractivity contribution in [2.45, 2.75) is 32.6 Å². The minimum atomic E-state index is -0.374. The smallest absolute Gasteiger partial charge is 0.0880 e. The van der Waals surface area contributed by atoms with E-state index in [9.17, 15) is 5.11 Å². The standard InChI is InChI=1S/C14H24N2O2/c1-11(2)14(17)12-4-5-16(8-12)10-13-9-15(3)6-7-18-13/h4-5,8,11,13-14,17H,6-7,9-10H2,1-3H3. The number of aliphatic hydroxyl groups excluding tert-OH is 1. The van der Waals surface area contributed by atoms with E-state index in [1.165, 1.54) is 0 Å². The molecule has 102 valence electrons. The highest BCUT2D eigenvalue weighted by molar-refractivity contribution is 5.14. The highest BCUT2D eigenvalue weighted by Gasteiger charge is 2.19. The zero-order valence-electron chi connectivity index (χ0n) is 11.5. The predicted molar refractivity (Wildman–Crippen MR) is 71.5 cm³/mol. The number of morpholine rings is 1. The van der Waals surface area contributed by atoms with Crippen LogP contribution in [0.5, 0.6) is 0 Å². The summed E-state index contributed by atoms with van der Waals surface area (Å²) in [6.45, 7) is 7.71. The van der Waals surface area contributed by atoms with Crippen LogP contribution in [0.15, 0.2) is 18.5 Å². The van der Waals surface area contributed by atoms with Gasteiger partial charge in [0.25, 0.3) is 0 Å². The average molecular weight is 252 g/mol. The number of hydrogen-bond donors (Lipinski definition) is 1. The Morgan fingerprint density at radius 3 is 2.94 bits per heavy atom. The van der Waals surface area contributed by atoms with Gasteiger partial charge in [-0.25, -0.2) is 0 Å². The van der Waals surface area contributed by atoms with Gasteiger partial charge in [0.05, 0.1) is 18.8 Å². The Hall–Kier alpha value is -0.840. The summed E-state index contributed by atoms with van der Waals surface area (Å²) in [6, 6.07) is 2.00. The topological polar surface area (TPSA) is 37.6 Å². The Bertz CT molecular complexity index is 376. The van der Waals surface area contributed by atoms with Crippen LogP contribution in [0.3, 0.4) is 0 Å². The lowest BCUT2D eigenvalue weighted by Crippen LogP contribution is -2.41. The monoisotopic (exact) mass is 252 g/mol. The maximum absolute atomic E-state index is 10.0. The molecule has 1 aromatic rings. The lowest BCUT2D eigenvalue weighted by molar-refractivity contribution is -0.0274. The molecule has 2 heterocycles. The van der Waals surface area contributed by atoms with E-state index in [4.69, 9.17) is 4.74 Å². The van der Waals surface area contributed by atoms with Gasteiger partial charge in [0, 0.05) is 32.0 Å². The van der Waals surface area contributed by atoms with E-state index in [2.05, 4.69) is 16.5 Å². The second kappa shape index (κ2) is 5.87. The molecule has 1 aromatic heterocycles. The normalized spacial score (nSPS) is 23.5. The summed E-state index contributed by atoms with van der Waals surface area (Å²) in [6.07, 6.45) is 3.93. The van der Waals surface area contributed by atoms with Gasteiger partial charge in [-0.05, 0) is 24.6 Å². The molecule has 2 rings (SSSR count). The van der Waals surface area contributed by atoms with Crippen LogP contribution in [0.1, 0.15) is 25.5 Å². The zero-order valence-corrected chi connectivity index (χ0v) is 11.5. The summed E-state index contributed by atoms with van der Waals surface area (Å²) >= 11 is 0. The van der Waals surface area contributed by atoms with Gasteiger partial charge in [0.15, 0.2) is 0 Å². The lowest BCUT2D eigenvalue weighted by Gasteiger charge is -2.30. The fourth-order valence-electron chi connectivity index (χ4n) is 2.35. The molecular formula is C14H24N2O2. The van der Waals surface area contributed by atoms with Crippen molar-refractivity contribution in [2.24, 2.45) is 5.92 Å². The number of rotatable bonds is 4. The Morgan fingerprint density at radius 1 is 1.50 bits per heavy atom. The second-order valence-electron chi connectivity index (χ2n) is 5.59. The van der Waals surface area contributed by atoms with Crippen molar-refractivity contribution in [2.75, 3.05) is 26.7 Å². The molecule has 0 spiro atoms. The predicted octanol–water partition coefficient (Wildman–Crippen LogP) is 1.51. The minimum absolute atomic E-state index is 0.248. The van der Waals surface area contributed by atoms with Crippen LogP contribution in [-0.2, 0) is 11.3 Å². The fraction of sp³-hybridized carbons (Fsp3) is 0.714. The van der Waals surface area contributed by atoms with Crippen molar-refractivity contribution >= 4 is 0 Å². The molecule has 0 radical (unpaired) electrons. The Labute approximate surface area is 109 Å². The lowest BCUT2D eigenvalue weighted by atomic mass is 10.0. The van der Waals surface area contributed by atoms with E-state index in [1.807, 2.05) is 32.3 Å². The third kappa shape index (κ3) is 3.34. The third-order valence-corrected chi connectivity index (χ3v) is 3.50. The van der Waals surface area contributed by atoms with Gasteiger partial charge >= 0.3 is 0 Å². The molecule has 2 atom stereocenters. The number of nitrogens with zero attached hydrogens (tertiary/aromatic N) is 2. The number of hydrogen-bond acceptors (Lipinski definition) is 3. The molecule has 0 aliphatic carbocycles. The van der Waals surface area contributed by atoms with Gasteiger partial charge < -0.3 is 19.3 Å². The van der Waals surface area contributed by atoms with Crippen LogP contribution in [0, 0.1) is 5.92 Å². The maximum Gasteiger partial charge on any atom is 0.0880 e. The van der Waals surface area contributed by atoms with E-state index in [0.717, 1.165) is 31.8 Å². The Morgan fingerprint density at radius 2 is 2.28 bits per heavy atom. The molecule has 1 N–H and O–H groups in total. The molecule has 0 bridgehead atoms. The van der Waals surface area contributed by atoms with Crippen LogP contribution in [-0.4, -0.2) is 47.4 Å². The molecule has 1 aliphatic rings. The van der Waals surface area contributed by atoms with Crippen LogP contribution in [0.4, 0.5) is 0 Å². The van der Waals surface area contributed by atoms with E-state index in [0.29, 0.717) is 0 Å². The third-order valence-electron chi connectivity index (χ3n) is 3.50. The first-order chi connectivity index (χ1) is 8.56. The van der Waals surface area contributed by atoms with E-state index in [-0.39, 0.29) is 18.1 Å². The molecule has 0 aromatic carbocycles. The van der Waals surface area contributed by atoms with Crippen LogP contribution < -0.4 is 0 Å². The highest BCUT2D eigenvalue weighted by Crippen LogP contribution is 2.21. The van der Waals surface area contributed by atoms with E-state index < -0.39 is 0 Å². The van der Waals surface area contributed by atoms with Crippen molar-refractivity contribution in [1.29, 1.82) is 0 Å². The summed E-state index contributed by atoms with van der Waals surface area (Å²) in [7, 11) is 2.12.